The number of H-pyrrole nitrogens is 1. The fraction of sp³-hybridized carbons (Fsp3) is 0.409. The zero-order valence-corrected chi connectivity index (χ0v) is 18.0. The smallest absolute Gasteiger partial charge is 0.228 e. The van der Waals surface area contributed by atoms with E-state index in [1.807, 2.05) is 29.4 Å². The maximum atomic E-state index is 12.1. The van der Waals surface area contributed by atoms with E-state index in [9.17, 15) is 4.79 Å². The van der Waals surface area contributed by atoms with Crippen molar-refractivity contribution in [2.75, 3.05) is 19.0 Å². The third kappa shape index (κ3) is 2.89. The maximum Gasteiger partial charge on any atom is 0.228 e. The van der Waals surface area contributed by atoms with Crippen LogP contribution in [0.4, 0.5) is 5.95 Å². The van der Waals surface area contributed by atoms with Crippen LogP contribution in [0.15, 0.2) is 30.9 Å². The third-order valence-corrected chi connectivity index (χ3v) is 6.71. The van der Waals surface area contributed by atoms with Crippen molar-refractivity contribution in [1.29, 1.82) is 0 Å². The van der Waals surface area contributed by atoms with Gasteiger partial charge in [0.05, 0.1) is 12.5 Å². The van der Waals surface area contributed by atoms with Crippen LogP contribution in [0.2, 0.25) is 0 Å². The fourth-order valence-electron chi connectivity index (χ4n) is 5.14. The number of fused-ring (bicyclic) bond motifs is 2. The number of amides is 1. The zero-order chi connectivity index (χ0) is 21.9. The molecular formula is C22H24N8O2. The highest BCUT2D eigenvalue weighted by molar-refractivity contribution is 5.97. The number of aromatic amines is 1. The summed E-state index contributed by atoms with van der Waals surface area (Å²) in [6.45, 7) is 3.03. The molecule has 1 aliphatic heterocycles. The van der Waals surface area contributed by atoms with Gasteiger partial charge in [0.1, 0.15) is 12.0 Å². The van der Waals surface area contributed by atoms with Gasteiger partial charge in [-0.05, 0) is 38.3 Å². The molecular weight excluding hydrogens is 408 g/mol. The second-order valence-corrected chi connectivity index (χ2v) is 8.86. The van der Waals surface area contributed by atoms with E-state index in [-0.39, 0.29) is 17.5 Å². The Balaban J connectivity index is 1.27. The second-order valence-electron chi connectivity index (χ2n) is 8.86. The molecule has 0 spiro atoms. The molecule has 32 heavy (non-hydrogen) atoms. The lowest BCUT2D eigenvalue weighted by Crippen LogP contribution is -2.59. The number of carbonyl (C=O) groups is 1. The lowest BCUT2D eigenvalue weighted by Gasteiger charge is -2.51. The highest BCUT2D eigenvalue weighted by Crippen LogP contribution is 2.41. The lowest BCUT2D eigenvalue weighted by atomic mass is 9.73. The summed E-state index contributed by atoms with van der Waals surface area (Å²) in [6.07, 6.45) is 8.76. The van der Waals surface area contributed by atoms with Gasteiger partial charge in [0, 0.05) is 48.1 Å². The van der Waals surface area contributed by atoms with Gasteiger partial charge in [-0.2, -0.15) is 15.1 Å². The summed E-state index contributed by atoms with van der Waals surface area (Å²) >= 11 is 0. The predicted octanol–water partition coefficient (Wildman–Crippen LogP) is 2.63. The van der Waals surface area contributed by atoms with Gasteiger partial charge in [0.15, 0.2) is 5.65 Å². The number of carbonyl (C=O) groups excluding carboxylic acids is 1. The van der Waals surface area contributed by atoms with Gasteiger partial charge in [-0.25, -0.2) is 9.50 Å². The Kier molecular flexibility index (Phi) is 4.11. The van der Waals surface area contributed by atoms with Gasteiger partial charge in [-0.3, -0.25) is 4.79 Å². The second kappa shape index (κ2) is 6.91. The number of ether oxygens (including phenoxy) is 1. The van der Waals surface area contributed by atoms with E-state index in [0.29, 0.717) is 23.9 Å². The predicted molar refractivity (Wildman–Crippen MR) is 118 cm³/mol. The molecule has 2 fully saturated rings. The van der Waals surface area contributed by atoms with Crippen LogP contribution >= 0.6 is 0 Å². The summed E-state index contributed by atoms with van der Waals surface area (Å²) in [6, 6.07) is 4.13. The van der Waals surface area contributed by atoms with Crippen LogP contribution in [0.5, 0.6) is 5.88 Å². The molecule has 0 radical (unpaired) electrons. The monoisotopic (exact) mass is 432 g/mol. The SMILES string of the molecule is COc1nc(NC2CC(C)(N3CCCC3=O)C2)nc2[nH]cc(-c3ccc4ncnn4c3)c12. The van der Waals surface area contributed by atoms with E-state index in [1.54, 1.807) is 11.6 Å². The molecule has 10 heteroatoms. The van der Waals surface area contributed by atoms with Gasteiger partial charge in [-0.1, -0.05) is 0 Å². The molecule has 5 heterocycles. The standard InChI is InChI=1S/C22H24N8O2/c1-22(29-7-3-4-17(29)31)8-14(9-22)26-21-27-19-18(20(28-21)32-2)15(10-23-19)13-5-6-16-24-12-25-30(16)11-13/h5-6,10-12,14H,3-4,7-9H2,1-2H3,(H2,23,26,27,28). The molecule has 2 N–H and O–H groups in total. The molecule has 1 saturated heterocycles. The van der Waals surface area contributed by atoms with Gasteiger partial charge in [0.25, 0.3) is 0 Å². The first-order valence-corrected chi connectivity index (χ1v) is 10.8. The molecule has 6 rings (SSSR count). The minimum absolute atomic E-state index is 0.0704. The molecule has 2 aliphatic rings. The van der Waals surface area contributed by atoms with E-state index in [0.717, 1.165) is 48.0 Å². The van der Waals surface area contributed by atoms with Crippen molar-refractivity contribution in [3.8, 4) is 17.0 Å². The molecule has 4 aromatic heterocycles. The Morgan fingerprint density at radius 2 is 2.16 bits per heavy atom. The number of hydrogen-bond acceptors (Lipinski definition) is 7. The number of methoxy groups -OCH3 is 1. The molecule has 0 atom stereocenters. The number of anilines is 1. The number of aromatic nitrogens is 6. The van der Waals surface area contributed by atoms with E-state index >= 15 is 0 Å². The van der Waals surface area contributed by atoms with Crippen LogP contribution in [0.1, 0.15) is 32.6 Å². The largest absolute Gasteiger partial charge is 0.480 e. The molecule has 4 aromatic rings. The van der Waals surface area contributed by atoms with Crippen molar-refractivity contribution in [1.82, 2.24) is 34.4 Å². The summed E-state index contributed by atoms with van der Waals surface area (Å²) in [5, 5.41) is 8.46. The van der Waals surface area contributed by atoms with Gasteiger partial charge >= 0.3 is 0 Å². The van der Waals surface area contributed by atoms with E-state index < -0.39 is 0 Å². The summed E-state index contributed by atoms with van der Waals surface area (Å²) in [5.41, 5.74) is 3.31. The summed E-state index contributed by atoms with van der Waals surface area (Å²) in [7, 11) is 1.61. The van der Waals surface area contributed by atoms with Crippen molar-refractivity contribution in [3.05, 3.63) is 30.9 Å². The summed E-state index contributed by atoms with van der Waals surface area (Å²) < 4.78 is 7.36. The first-order chi connectivity index (χ1) is 15.5. The summed E-state index contributed by atoms with van der Waals surface area (Å²) in [5.74, 6) is 1.30. The molecule has 1 aliphatic carbocycles. The average Bonchev–Trinajstić information content (AvgIpc) is 3.50. The fourth-order valence-corrected chi connectivity index (χ4v) is 5.14. The van der Waals surface area contributed by atoms with Gasteiger partial charge < -0.3 is 19.9 Å². The molecule has 10 nitrogen and oxygen atoms in total. The first-order valence-electron chi connectivity index (χ1n) is 10.8. The normalized spacial score (nSPS) is 23.1. The van der Waals surface area contributed by atoms with Crippen molar-refractivity contribution in [2.24, 2.45) is 0 Å². The Bertz CT molecular complexity index is 1340. The minimum Gasteiger partial charge on any atom is -0.480 e. The Morgan fingerprint density at radius 1 is 1.28 bits per heavy atom. The maximum absolute atomic E-state index is 12.1. The van der Waals surface area contributed by atoms with Crippen molar-refractivity contribution >= 4 is 28.5 Å². The first kappa shape index (κ1) is 19.0. The Hall–Kier alpha value is -3.69. The average molecular weight is 432 g/mol. The van der Waals surface area contributed by atoms with Gasteiger partial charge in [0.2, 0.25) is 17.7 Å². The molecule has 0 unspecified atom stereocenters. The van der Waals surface area contributed by atoms with Crippen molar-refractivity contribution < 1.29 is 9.53 Å². The number of nitrogens with one attached hydrogen (secondary N) is 2. The lowest BCUT2D eigenvalue weighted by molar-refractivity contribution is -0.136. The zero-order valence-electron chi connectivity index (χ0n) is 18.0. The van der Waals surface area contributed by atoms with Crippen LogP contribution < -0.4 is 10.1 Å². The highest BCUT2D eigenvalue weighted by atomic mass is 16.5. The Morgan fingerprint density at radius 3 is 2.94 bits per heavy atom. The van der Waals surface area contributed by atoms with Crippen LogP contribution in [0.3, 0.4) is 0 Å². The number of rotatable bonds is 5. The third-order valence-electron chi connectivity index (χ3n) is 6.71. The minimum atomic E-state index is -0.0704. The number of nitrogens with zero attached hydrogens (tertiary/aromatic N) is 6. The van der Waals surface area contributed by atoms with Crippen molar-refractivity contribution in [2.45, 2.75) is 44.2 Å². The molecule has 1 saturated carbocycles. The number of pyridine rings is 1. The van der Waals surface area contributed by atoms with E-state index in [4.69, 9.17) is 9.72 Å². The molecule has 0 bridgehead atoms. The van der Waals surface area contributed by atoms with Gasteiger partial charge in [-0.15, -0.1) is 0 Å². The number of hydrogen-bond donors (Lipinski definition) is 2. The van der Waals surface area contributed by atoms with Crippen LogP contribution in [-0.2, 0) is 4.79 Å². The quantitative estimate of drug-likeness (QED) is 0.498. The van der Waals surface area contributed by atoms with Crippen molar-refractivity contribution in [3.63, 3.8) is 0 Å². The molecule has 164 valence electrons. The topological polar surface area (TPSA) is 113 Å². The van der Waals surface area contributed by atoms with Crippen LogP contribution in [-0.4, -0.2) is 65.6 Å². The number of likely N-dealkylation sites (tertiary alicyclic amines) is 1. The molecule has 1 amide bonds. The molecule has 0 aromatic carbocycles. The van der Waals surface area contributed by atoms with Crippen LogP contribution in [0.25, 0.3) is 27.8 Å². The van der Waals surface area contributed by atoms with E-state index in [2.05, 4.69) is 32.3 Å². The Labute approximate surface area is 184 Å². The highest BCUT2D eigenvalue weighted by Gasteiger charge is 2.48. The summed E-state index contributed by atoms with van der Waals surface area (Å²) in [4.78, 5) is 30.9. The van der Waals surface area contributed by atoms with Crippen LogP contribution in [0, 0.1) is 0 Å². The van der Waals surface area contributed by atoms with E-state index in [1.165, 1.54) is 6.33 Å².